The van der Waals surface area contributed by atoms with Gasteiger partial charge in [0.1, 0.15) is 18.2 Å². The quantitative estimate of drug-likeness (QED) is 0.781. The van der Waals surface area contributed by atoms with Gasteiger partial charge < -0.3 is 10.2 Å². The van der Waals surface area contributed by atoms with Gasteiger partial charge in [-0.1, -0.05) is 31.2 Å². The molecule has 132 valence electrons. The van der Waals surface area contributed by atoms with Gasteiger partial charge in [-0.3, -0.25) is 4.79 Å². The largest absolute Gasteiger partial charge is 0.344 e. The van der Waals surface area contributed by atoms with Gasteiger partial charge in [0.05, 0.1) is 5.52 Å². The molecule has 3 aromatic rings. The normalized spacial score (nSPS) is 16.8. The third-order valence-electron chi connectivity index (χ3n) is 4.98. The van der Waals surface area contributed by atoms with E-state index < -0.39 is 0 Å². The molecule has 0 saturated carbocycles. The standard InChI is InChI=1S/C21H22N4O/c1-2-15-9-11-16(12-10-15)24-21(26)19-8-5-13-25(19)20-17-6-3-4-7-18(17)22-14-23-20/h3-4,6-7,9-12,14,19H,2,5,8,13H2,1H3,(H,24,26). The summed E-state index contributed by atoms with van der Waals surface area (Å²) >= 11 is 0. The molecule has 0 bridgehead atoms. The van der Waals surface area contributed by atoms with Crippen LogP contribution in [-0.2, 0) is 11.2 Å². The van der Waals surface area contributed by atoms with Crippen LogP contribution in [0.5, 0.6) is 0 Å². The minimum Gasteiger partial charge on any atom is -0.344 e. The first-order valence-corrected chi connectivity index (χ1v) is 9.12. The summed E-state index contributed by atoms with van der Waals surface area (Å²) in [4.78, 5) is 23.8. The second-order valence-electron chi connectivity index (χ2n) is 6.61. The van der Waals surface area contributed by atoms with Crippen molar-refractivity contribution >= 4 is 28.3 Å². The van der Waals surface area contributed by atoms with E-state index in [-0.39, 0.29) is 11.9 Å². The fourth-order valence-electron chi connectivity index (χ4n) is 3.56. The number of carbonyl (C=O) groups excluding carboxylic acids is 1. The minimum atomic E-state index is -0.209. The summed E-state index contributed by atoms with van der Waals surface area (Å²) in [5.74, 6) is 0.865. The Kier molecular flexibility index (Phi) is 4.52. The average Bonchev–Trinajstić information content (AvgIpc) is 3.18. The van der Waals surface area contributed by atoms with Crippen LogP contribution in [0.15, 0.2) is 54.9 Å². The number of aromatic nitrogens is 2. The van der Waals surface area contributed by atoms with Crippen molar-refractivity contribution in [3.05, 3.63) is 60.4 Å². The molecule has 1 aliphatic heterocycles. The number of anilines is 2. The molecule has 1 N–H and O–H groups in total. The van der Waals surface area contributed by atoms with E-state index in [9.17, 15) is 4.79 Å². The molecule has 2 heterocycles. The van der Waals surface area contributed by atoms with Crippen LogP contribution in [0.4, 0.5) is 11.5 Å². The van der Waals surface area contributed by atoms with Crippen molar-refractivity contribution in [1.82, 2.24) is 9.97 Å². The first-order valence-electron chi connectivity index (χ1n) is 9.12. The van der Waals surface area contributed by atoms with Crippen LogP contribution in [0.2, 0.25) is 0 Å². The fourth-order valence-corrected chi connectivity index (χ4v) is 3.56. The molecule has 1 amide bonds. The number of fused-ring (bicyclic) bond motifs is 1. The van der Waals surface area contributed by atoms with Crippen molar-refractivity contribution in [3.63, 3.8) is 0 Å². The number of amides is 1. The molecule has 4 rings (SSSR count). The highest BCUT2D eigenvalue weighted by atomic mass is 16.2. The van der Waals surface area contributed by atoms with Crippen LogP contribution in [0.25, 0.3) is 10.9 Å². The maximum Gasteiger partial charge on any atom is 0.247 e. The molecule has 5 heteroatoms. The highest BCUT2D eigenvalue weighted by Gasteiger charge is 2.32. The predicted molar refractivity (Wildman–Crippen MR) is 104 cm³/mol. The van der Waals surface area contributed by atoms with E-state index in [2.05, 4.69) is 39.2 Å². The van der Waals surface area contributed by atoms with E-state index in [1.54, 1.807) is 6.33 Å². The molecule has 1 aliphatic rings. The summed E-state index contributed by atoms with van der Waals surface area (Å²) in [5.41, 5.74) is 3.00. The molecule has 1 saturated heterocycles. The number of nitrogens with one attached hydrogen (secondary N) is 1. The van der Waals surface area contributed by atoms with Crippen LogP contribution in [0.3, 0.4) is 0 Å². The molecule has 0 spiro atoms. The Bertz CT molecular complexity index is 917. The highest BCUT2D eigenvalue weighted by Crippen LogP contribution is 2.30. The third kappa shape index (κ3) is 3.12. The second kappa shape index (κ2) is 7.12. The monoisotopic (exact) mass is 346 g/mol. The fraction of sp³-hybridized carbons (Fsp3) is 0.286. The number of rotatable bonds is 4. The van der Waals surface area contributed by atoms with Crippen LogP contribution in [0.1, 0.15) is 25.3 Å². The van der Waals surface area contributed by atoms with E-state index in [0.717, 1.165) is 48.2 Å². The van der Waals surface area contributed by atoms with Gasteiger partial charge in [0.25, 0.3) is 0 Å². The first kappa shape index (κ1) is 16.5. The Morgan fingerprint density at radius 1 is 1.15 bits per heavy atom. The van der Waals surface area contributed by atoms with Gasteiger partial charge in [-0.05, 0) is 49.1 Å². The van der Waals surface area contributed by atoms with Crippen molar-refractivity contribution in [2.75, 3.05) is 16.8 Å². The zero-order chi connectivity index (χ0) is 17.9. The van der Waals surface area contributed by atoms with E-state index in [0.29, 0.717) is 0 Å². The molecule has 1 fully saturated rings. The average molecular weight is 346 g/mol. The number of benzene rings is 2. The number of para-hydroxylation sites is 1. The van der Waals surface area contributed by atoms with Gasteiger partial charge in [0, 0.05) is 17.6 Å². The van der Waals surface area contributed by atoms with Gasteiger partial charge in [-0.25, -0.2) is 9.97 Å². The molecule has 1 aromatic heterocycles. The number of carbonyl (C=O) groups is 1. The van der Waals surface area contributed by atoms with Crippen molar-refractivity contribution < 1.29 is 4.79 Å². The van der Waals surface area contributed by atoms with Crippen LogP contribution in [0, 0.1) is 0 Å². The van der Waals surface area contributed by atoms with Crippen molar-refractivity contribution in [2.45, 2.75) is 32.2 Å². The lowest BCUT2D eigenvalue weighted by Gasteiger charge is -2.25. The molecular weight excluding hydrogens is 324 g/mol. The molecule has 2 aromatic carbocycles. The smallest absolute Gasteiger partial charge is 0.247 e. The Morgan fingerprint density at radius 2 is 1.96 bits per heavy atom. The summed E-state index contributed by atoms with van der Waals surface area (Å²) in [6.07, 6.45) is 4.38. The molecule has 1 atom stereocenters. The van der Waals surface area contributed by atoms with Crippen LogP contribution >= 0.6 is 0 Å². The Hall–Kier alpha value is -2.95. The molecule has 0 radical (unpaired) electrons. The lowest BCUT2D eigenvalue weighted by molar-refractivity contribution is -0.117. The van der Waals surface area contributed by atoms with Crippen molar-refractivity contribution in [3.8, 4) is 0 Å². The first-order chi connectivity index (χ1) is 12.8. The SMILES string of the molecule is CCc1ccc(NC(=O)C2CCCN2c2ncnc3ccccc23)cc1. The number of nitrogens with zero attached hydrogens (tertiary/aromatic N) is 3. The van der Waals surface area contributed by atoms with E-state index in [1.165, 1.54) is 5.56 Å². The summed E-state index contributed by atoms with van der Waals surface area (Å²) in [5, 5.41) is 4.05. The summed E-state index contributed by atoms with van der Waals surface area (Å²) < 4.78 is 0. The number of hydrogen-bond acceptors (Lipinski definition) is 4. The third-order valence-corrected chi connectivity index (χ3v) is 4.98. The topological polar surface area (TPSA) is 58.1 Å². The lowest BCUT2D eigenvalue weighted by Crippen LogP contribution is -2.40. The maximum atomic E-state index is 12.9. The zero-order valence-electron chi connectivity index (χ0n) is 14.9. The number of aryl methyl sites for hydroxylation is 1. The van der Waals surface area contributed by atoms with E-state index in [1.807, 2.05) is 36.4 Å². The number of hydrogen-bond donors (Lipinski definition) is 1. The second-order valence-corrected chi connectivity index (χ2v) is 6.61. The summed E-state index contributed by atoms with van der Waals surface area (Å²) in [7, 11) is 0. The van der Waals surface area contributed by atoms with Crippen LogP contribution < -0.4 is 10.2 Å². The van der Waals surface area contributed by atoms with E-state index >= 15 is 0 Å². The zero-order valence-corrected chi connectivity index (χ0v) is 14.9. The molecule has 5 nitrogen and oxygen atoms in total. The predicted octanol–water partition coefficient (Wildman–Crippen LogP) is 3.80. The summed E-state index contributed by atoms with van der Waals surface area (Å²) in [6, 6.07) is 15.8. The van der Waals surface area contributed by atoms with Crippen molar-refractivity contribution in [2.24, 2.45) is 0 Å². The molecule has 26 heavy (non-hydrogen) atoms. The Morgan fingerprint density at radius 3 is 2.77 bits per heavy atom. The van der Waals surface area contributed by atoms with Gasteiger partial charge in [0.2, 0.25) is 5.91 Å². The Balaban J connectivity index is 1.58. The van der Waals surface area contributed by atoms with Crippen molar-refractivity contribution in [1.29, 1.82) is 0 Å². The van der Waals surface area contributed by atoms with Gasteiger partial charge >= 0.3 is 0 Å². The summed E-state index contributed by atoms with van der Waals surface area (Å²) in [6.45, 7) is 2.95. The molecular formula is C21H22N4O. The Labute approximate surface area is 153 Å². The lowest BCUT2D eigenvalue weighted by atomic mass is 10.1. The maximum absolute atomic E-state index is 12.9. The minimum absolute atomic E-state index is 0.0226. The van der Waals surface area contributed by atoms with Gasteiger partial charge in [0.15, 0.2) is 0 Å². The highest BCUT2D eigenvalue weighted by molar-refractivity contribution is 5.99. The van der Waals surface area contributed by atoms with Gasteiger partial charge in [-0.15, -0.1) is 0 Å². The van der Waals surface area contributed by atoms with E-state index in [4.69, 9.17) is 0 Å². The molecule has 1 unspecified atom stereocenters. The molecule has 0 aliphatic carbocycles. The van der Waals surface area contributed by atoms with Gasteiger partial charge in [-0.2, -0.15) is 0 Å². The van der Waals surface area contributed by atoms with Crippen LogP contribution in [-0.4, -0.2) is 28.5 Å².